The molecule has 8 rings (SSSR count). The van der Waals surface area contributed by atoms with Gasteiger partial charge in [-0.1, -0.05) is 12.1 Å². The lowest BCUT2D eigenvalue weighted by Gasteiger charge is -2.28. The third kappa shape index (κ3) is 7.22. The molecule has 14 heteroatoms. The number of hydrogen-bond donors (Lipinski definition) is 2. The van der Waals surface area contributed by atoms with Crippen LogP contribution in [0.4, 0.5) is 0 Å². The fourth-order valence-electron chi connectivity index (χ4n) is 7.12. The van der Waals surface area contributed by atoms with Gasteiger partial charge in [-0.25, -0.2) is 0 Å². The molecule has 0 saturated carbocycles. The van der Waals surface area contributed by atoms with E-state index in [4.69, 9.17) is 52.5 Å². The van der Waals surface area contributed by atoms with E-state index in [2.05, 4.69) is 17.0 Å². The molecule has 0 spiro atoms. The van der Waals surface area contributed by atoms with Crippen LogP contribution >= 0.6 is 12.4 Å². The van der Waals surface area contributed by atoms with Crippen LogP contribution in [0.25, 0.3) is 0 Å². The fourth-order valence-corrected chi connectivity index (χ4v) is 7.12. The van der Waals surface area contributed by atoms with E-state index >= 15 is 0 Å². The summed E-state index contributed by atoms with van der Waals surface area (Å²) in [5.74, 6) is 3.10. The van der Waals surface area contributed by atoms with Crippen molar-refractivity contribution in [2.24, 2.45) is 11.8 Å². The summed E-state index contributed by atoms with van der Waals surface area (Å²) in [4.78, 5) is 2.08. The molecule has 6 aliphatic heterocycles. The summed E-state index contributed by atoms with van der Waals surface area (Å²) in [6.45, 7) is 6.63. The van der Waals surface area contributed by atoms with Crippen LogP contribution in [-0.2, 0) is 28.4 Å². The van der Waals surface area contributed by atoms with Gasteiger partial charge in [-0.2, -0.15) is 0 Å². The number of halogens is 1. The Morgan fingerprint density at radius 3 is 1.96 bits per heavy atom. The van der Waals surface area contributed by atoms with Gasteiger partial charge in [-0.3, -0.25) is 0 Å². The molecule has 6 heterocycles. The summed E-state index contributed by atoms with van der Waals surface area (Å²) < 4.78 is 57.2. The Bertz CT molecular complexity index is 1320. The maximum absolute atomic E-state index is 9.88. The van der Waals surface area contributed by atoms with E-state index in [9.17, 15) is 5.11 Å². The van der Waals surface area contributed by atoms with Crippen molar-refractivity contribution in [1.29, 1.82) is 0 Å². The van der Waals surface area contributed by atoms with Crippen LogP contribution in [0, 0.1) is 11.8 Å². The van der Waals surface area contributed by atoms with E-state index in [1.165, 1.54) is 0 Å². The van der Waals surface area contributed by atoms with Crippen molar-refractivity contribution in [2.75, 3.05) is 60.7 Å². The summed E-state index contributed by atoms with van der Waals surface area (Å²) in [5.41, 5.74) is 2.24. The lowest BCUT2D eigenvalue weighted by molar-refractivity contribution is -0.231. The molecule has 0 aromatic heterocycles. The Kier molecular flexibility index (Phi) is 10.9. The lowest BCUT2D eigenvalue weighted by Crippen LogP contribution is -2.44. The van der Waals surface area contributed by atoms with Crippen LogP contribution in [0.15, 0.2) is 36.4 Å². The van der Waals surface area contributed by atoms with Crippen LogP contribution in [-0.4, -0.2) is 112 Å². The predicted molar refractivity (Wildman–Crippen MR) is 171 cm³/mol. The Labute approximate surface area is 286 Å². The van der Waals surface area contributed by atoms with Crippen LogP contribution in [0.2, 0.25) is 0 Å². The zero-order chi connectivity index (χ0) is 32.7. The van der Waals surface area contributed by atoms with E-state index in [1.807, 2.05) is 52.2 Å². The van der Waals surface area contributed by atoms with Crippen molar-refractivity contribution in [3.63, 3.8) is 0 Å². The van der Waals surface area contributed by atoms with Crippen LogP contribution in [0.5, 0.6) is 23.0 Å². The Morgan fingerprint density at radius 1 is 0.854 bits per heavy atom. The topological polar surface area (TPSA) is 136 Å². The van der Waals surface area contributed by atoms with Gasteiger partial charge in [0.05, 0.1) is 32.0 Å². The van der Waals surface area contributed by atoms with Crippen molar-refractivity contribution in [3.8, 4) is 23.0 Å². The molecule has 13 nitrogen and oxygen atoms in total. The number of hydrogen-bond acceptors (Lipinski definition) is 13. The highest BCUT2D eigenvalue weighted by atomic mass is 35.5. The number of nitrogens with zero attached hydrogens (tertiary/aromatic N) is 1. The van der Waals surface area contributed by atoms with E-state index < -0.39 is 30.4 Å². The minimum absolute atomic E-state index is 0. The van der Waals surface area contributed by atoms with Gasteiger partial charge in [0.2, 0.25) is 13.6 Å². The molecule has 4 fully saturated rings. The Balaban J connectivity index is 0.000000168. The van der Waals surface area contributed by atoms with Crippen molar-refractivity contribution >= 4 is 12.4 Å². The smallest absolute Gasteiger partial charge is 0.231 e. The Hall–Kier alpha value is -2.43. The quantitative estimate of drug-likeness (QED) is 0.372. The van der Waals surface area contributed by atoms with Gasteiger partial charge in [0.15, 0.2) is 35.1 Å². The van der Waals surface area contributed by atoms with Gasteiger partial charge in [0, 0.05) is 18.4 Å². The number of ether oxygens (including phenoxy) is 10. The van der Waals surface area contributed by atoms with Crippen LogP contribution in [0.1, 0.15) is 43.6 Å². The summed E-state index contributed by atoms with van der Waals surface area (Å²) in [6, 6.07) is 12.1. The normalized spacial score (nSPS) is 32.4. The molecule has 9 atom stereocenters. The molecule has 2 aromatic carbocycles. The van der Waals surface area contributed by atoms with Gasteiger partial charge in [0.25, 0.3) is 0 Å². The molecule has 2 N–H and O–H groups in total. The lowest BCUT2D eigenvalue weighted by atomic mass is 9.85. The van der Waals surface area contributed by atoms with Crippen LogP contribution in [0.3, 0.4) is 0 Å². The minimum atomic E-state index is -1.01. The second-order valence-electron chi connectivity index (χ2n) is 13.4. The molecule has 6 aliphatic rings. The fraction of sp³-hybridized carbons (Fsp3) is 0.647. The second-order valence-corrected chi connectivity index (χ2v) is 13.4. The molecule has 0 amide bonds. The molecule has 0 aliphatic carbocycles. The minimum Gasteiger partial charge on any atom is -0.454 e. The number of benzene rings is 2. The predicted octanol–water partition coefficient (Wildman–Crippen LogP) is 3.19. The average Bonchev–Trinajstić information content (AvgIpc) is 3.89. The number of rotatable bonds is 9. The number of aliphatic hydroxyl groups is 2. The zero-order valence-corrected chi connectivity index (χ0v) is 28.5. The third-order valence-electron chi connectivity index (χ3n) is 9.37. The van der Waals surface area contributed by atoms with E-state index in [1.54, 1.807) is 0 Å². The van der Waals surface area contributed by atoms with Crippen molar-refractivity contribution in [1.82, 2.24) is 4.90 Å². The standard InChI is InChI=1S/C20H18O6.C14H27NO6.ClH/c1-3-15-17(25-9-23-15)5-11(1)19-13-7-22-20(14(13)8-21-19)12-2-4-16-18(6-12)26-10-24-16;1-14(2)20-12-11(18-7-5-6-15(3)4)10(9(17)8-16)19-13(12)21-14;/h1-6,13-14,19-20H,7-10H2;9-13,16-17H,5-8H2,1-4H3;1H. The van der Waals surface area contributed by atoms with Gasteiger partial charge < -0.3 is 62.5 Å². The number of fused-ring (bicyclic) bond motifs is 4. The largest absolute Gasteiger partial charge is 0.454 e. The molecule has 0 radical (unpaired) electrons. The molecule has 0 bridgehead atoms. The molecule has 48 heavy (non-hydrogen) atoms. The van der Waals surface area contributed by atoms with Gasteiger partial charge in [0.1, 0.15) is 24.4 Å². The monoisotopic (exact) mass is 695 g/mol. The van der Waals surface area contributed by atoms with Gasteiger partial charge in [-0.05, 0) is 76.3 Å². The summed E-state index contributed by atoms with van der Waals surface area (Å²) in [6.07, 6.45) is -2.13. The maximum Gasteiger partial charge on any atom is 0.231 e. The highest BCUT2D eigenvalue weighted by Gasteiger charge is 2.57. The first kappa shape index (κ1) is 35.4. The SMILES string of the molecule is CN(C)CCCOC1C(C(O)CO)OC2OC(C)(C)OC21.Cl.c1cc2c(cc1C1OCC3C(c4ccc5c(c4)OCO5)OCC13)OCO2. The van der Waals surface area contributed by atoms with Crippen molar-refractivity contribution in [2.45, 2.75) is 69.0 Å². The molecular formula is C34H46ClNO12. The van der Waals surface area contributed by atoms with E-state index in [0.29, 0.717) is 31.7 Å². The molecule has 4 saturated heterocycles. The second kappa shape index (κ2) is 14.8. The average molecular weight is 696 g/mol. The maximum atomic E-state index is 9.88. The summed E-state index contributed by atoms with van der Waals surface area (Å²) in [5, 5.41) is 19.0. The molecular weight excluding hydrogens is 650 g/mol. The van der Waals surface area contributed by atoms with E-state index in [-0.39, 0.29) is 50.9 Å². The highest BCUT2D eigenvalue weighted by Crippen LogP contribution is 2.52. The third-order valence-corrected chi connectivity index (χ3v) is 9.37. The molecule has 266 valence electrons. The highest BCUT2D eigenvalue weighted by molar-refractivity contribution is 5.85. The van der Waals surface area contributed by atoms with Crippen molar-refractivity contribution < 1.29 is 57.6 Å². The summed E-state index contributed by atoms with van der Waals surface area (Å²) in [7, 11) is 4.01. The molecule has 9 unspecified atom stereocenters. The summed E-state index contributed by atoms with van der Waals surface area (Å²) >= 11 is 0. The van der Waals surface area contributed by atoms with Gasteiger partial charge in [-0.15, -0.1) is 12.4 Å². The first-order valence-electron chi connectivity index (χ1n) is 16.3. The first-order chi connectivity index (χ1) is 22.7. The van der Waals surface area contributed by atoms with Crippen LogP contribution < -0.4 is 18.9 Å². The van der Waals surface area contributed by atoms with Crippen molar-refractivity contribution in [3.05, 3.63) is 47.5 Å². The first-order valence-corrected chi connectivity index (χ1v) is 16.3. The van der Waals surface area contributed by atoms with Gasteiger partial charge >= 0.3 is 0 Å². The molecule has 2 aromatic rings. The zero-order valence-electron chi connectivity index (χ0n) is 27.6. The van der Waals surface area contributed by atoms with E-state index in [0.717, 1.165) is 47.1 Å². The number of aliphatic hydroxyl groups excluding tert-OH is 2. The Morgan fingerprint density at radius 2 is 1.42 bits per heavy atom.